The van der Waals surface area contributed by atoms with E-state index in [0.717, 1.165) is 40.0 Å². The Morgan fingerprint density at radius 2 is 1.58 bits per heavy atom. The zero-order valence-corrected chi connectivity index (χ0v) is 17.0. The van der Waals surface area contributed by atoms with E-state index in [1.54, 1.807) is 0 Å². The molecular formula is C27H21F3O. The van der Waals surface area contributed by atoms with Gasteiger partial charge in [0.25, 0.3) is 0 Å². The van der Waals surface area contributed by atoms with E-state index in [2.05, 4.69) is 6.08 Å². The molecule has 0 spiro atoms. The number of Topliss-reactive ketones (excluding diaryl/α,β-unsaturated/α-hetero) is 1. The first kappa shape index (κ1) is 20.9. The minimum Gasteiger partial charge on any atom is -0.294 e. The molecule has 0 radical (unpaired) electrons. The van der Waals surface area contributed by atoms with E-state index in [4.69, 9.17) is 0 Å². The summed E-state index contributed by atoms with van der Waals surface area (Å²) in [5, 5.41) is 0. The van der Waals surface area contributed by atoms with Crippen molar-refractivity contribution >= 4 is 11.4 Å². The van der Waals surface area contributed by atoms with Crippen molar-refractivity contribution in [2.24, 2.45) is 5.92 Å². The predicted molar refractivity (Wildman–Crippen MR) is 118 cm³/mol. The fraction of sp³-hybridized carbons (Fsp3) is 0.148. The molecule has 1 atom stereocenters. The van der Waals surface area contributed by atoms with Crippen LogP contribution in [0.25, 0.3) is 16.7 Å². The first-order valence-corrected chi connectivity index (χ1v) is 10.1. The topological polar surface area (TPSA) is 17.1 Å². The average molecular weight is 418 g/mol. The van der Waals surface area contributed by atoms with Gasteiger partial charge in [0.05, 0.1) is 5.56 Å². The molecule has 0 aliphatic heterocycles. The molecule has 1 aliphatic carbocycles. The molecule has 0 amide bonds. The molecule has 3 aromatic carbocycles. The summed E-state index contributed by atoms with van der Waals surface area (Å²) < 4.78 is 38.4. The van der Waals surface area contributed by atoms with Crippen LogP contribution in [0.1, 0.15) is 33.5 Å². The number of hydrogen-bond donors (Lipinski definition) is 0. The Balaban J connectivity index is 1.51. The quantitative estimate of drug-likeness (QED) is 0.400. The normalized spacial score (nSPS) is 16.1. The average Bonchev–Trinajstić information content (AvgIpc) is 2.79. The molecule has 0 saturated heterocycles. The van der Waals surface area contributed by atoms with E-state index >= 15 is 0 Å². The number of hydrogen-bond acceptors (Lipinski definition) is 1. The largest absolute Gasteiger partial charge is 0.416 e. The highest BCUT2D eigenvalue weighted by Gasteiger charge is 2.30. The lowest BCUT2D eigenvalue weighted by molar-refractivity contribution is -0.137. The van der Waals surface area contributed by atoms with Gasteiger partial charge in [-0.15, -0.1) is 0 Å². The number of rotatable bonds is 4. The van der Waals surface area contributed by atoms with Gasteiger partial charge in [-0.3, -0.25) is 4.79 Å². The Kier molecular flexibility index (Phi) is 5.64. The summed E-state index contributed by atoms with van der Waals surface area (Å²) in [4.78, 5) is 12.6. The van der Waals surface area contributed by atoms with E-state index in [1.165, 1.54) is 12.1 Å². The molecule has 0 aromatic heterocycles. The molecule has 4 rings (SSSR count). The smallest absolute Gasteiger partial charge is 0.294 e. The van der Waals surface area contributed by atoms with Gasteiger partial charge in [-0.05, 0) is 53.3 Å². The number of allylic oxidation sites excluding steroid dienone is 4. The first-order valence-electron chi connectivity index (χ1n) is 10.1. The highest BCUT2D eigenvalue weighted by Crippen LogP contribution is 2.33. The van der Waals surface area contributed by atoms with Gasteiger partial charge in [0.1, 0.15) is 0 Å². The molecule has 0 N–H and O–H groups in total. The SMILES string of the molecule is Cc1cc(C2=CCC(C(=O)c3ccccc3)C=C2)ccc1-c1ccc(C(F)(F)F)cc1. The summed E-state index contributed by atoms with van der Waals surface area (Å²) in [5.41, 5.74) is 4.75. The second kappa shape index (κ2) is 8.38. The van der Waals surface area contributed by atoms with Crippen LogP contribution in [0, 0.1) is 12.8 Å². The second-order valence-electron chi connectivity index (χ2n) is 7.70. The summed E-state index contributed by atoms with van der Waals surface area (Å²) >= 11 is 0. The van der Waals surface area contributed by atoms with Crippen molar-refractivity contribution in [2.75, 3.05) is 0 Å². The van der Waals surface area contributed by atoms with E-state index in [-0.39, 0.29) is 11.7 Å². The van der Waals surface area contributed by atoms with Crippen molar-refractivity contribution in [2.45, 2.75) is 19.5 Å². The number of aryl methyl sites for hydroxylation is 1. The Morgan fingerprint density at radius 1 is 0.903 bits per heavy atom. The fourth-order valence-electron chi connectivity index (χ4n) is 3.85. The molecule has 31 heavy (non-hydrogen) atoms. The number of carbonyl (C=O) groups excluding carboxylic acids is 1. The van der Waals surface area contributed by atoms with Gasteiger partial charge in [0.2, 0.25) is 0 Å². The van der Waals surface area contributed by atoms with Gasteiger partial charge in [0.15, 0.2) is 5.78 Å². The van der Waals surface area contributed by atoms with Crippen LogP contribution >= 0.6 is 0 Å². The zero-order chi connectivity index (χ0) is 22.0. The minimum absolute atomic E-state index is 0.112. The maximum absolute atomic E-state index is 12.8. The molecule has 0 heterocycles. The van der Waals surface area contributed by atoms with Crippen molar-refractivity contribution in [1.82, 2.24) is 0 Å². The van der Waals surface area contributed by atoms with Gasteiger partial charge < -0.3 is 0 Å². The number of halogens is 3. The summed E-state index contributed by atoms with van der Waals surface area (Å²) in [6.45, 7) is 1.95. The Labute approximate surface area is 179 Å². The lowest BCUT2D eigenvalue weighted by Crippen LogP contribution is -2.13. The highest BCUT2D eigenvalue weighted by molar-refractivity contribution is 5.99. The van der Waals surface area contributed by atoms with Gasteiger partial charge in [-0.1, -0.05) is 78.9 Å². The fourth-order valence-corrected chi connectivity index (χ4v) is 3.85. The van der Waals surface area contributed by atoms with Crippen molar-refractivity contribution in [1.29, 1.82) is 0 Å². The number of benzene rings is 3. The van der Waals surface area contributed by atoms with Crippen LogP contribution in [0.5, 0.6) is 0 Å². The van der Waals surface area contributed by atoms with Gasteiger partial charge in [-0.25, -0.2) is 0 Å². The standard InChI is InChI=1S/C27H21F3O/c1-18-17-23(13-16-25(18)20-11-14-24(15-12-20)27(28,29)30)19-7-9-22(10-8-19)26(31)21-5-3-2-4-6-21/h2-9,11-17,22H,10H2,1H3. The van der Waals surface area contributed by atoms with Crippen LogP contribution in [0.4, 0.5) is 13.2 Å². The lowest BCUT2D eigenvalue weighted by Gasteiger charge is -2.17. The molecule has 0 fully saturated rings. The minimum atomic E-state index is -4.34. The van der Waals surface area contributed by atoms with Crippen LogP contribution in [-0.2, 0) is 6.18 Å². The van der Waals surface area contributed by atoms with Crippen molar-refractivity contribution in [3.05, 3.63) is 113 Å². The third-order valence-electron chi connectivity index (χ3n) is 5.58. The van der Waals surface area contributed by atoms with Crippen LogP contribution in [0.15, 0.2) is 91.0 Å². The summed E-state index contributed by atoms with van der Waals surface area (Å²) in [6.07, 6.45) is 2.29. The molecular weight excluding hydrogens is 397 g/mol. The second-order valence-corrected chi connectivity index (χ2v) is 7.70. The molecule has 1 nitrogen and oxygen atoms in total. The Bertz CT molecular complexity index is 1150. The van der Waals surface area contributed by atoms with E-state index in [0.29, 0.717) is 12.0 Å². The summed E-state index contributed by atoms with van der Waals surface area (Å²) in [6, 6.07) is 20.4. The monoisotopic (exact) mass is 418 g/mol. The van der Waals surface area contributed by atoms with Crippen LogP contribution in [0.2, 0.25) is 0 Å². The van der Waals surface area contributed by atoms with Gasteiger partial charge in [0, 0.05) is 11.5 Å². The van der Waals surface area contributed by atoms with Gasteiger partial charge in [-0.2, -0.15) is 13.2 Å². The molecule has 4 heteroatoms. The number of alkyl halides is 3. The van der Waals surface area contributed by atoms with Crippen molar-refractivity contribution in [3.63, 3.8) is 0 Å². The zero-order valence-electron chi connectivity index (χ0n) is 17.0. The van der Waals surface area contributed by atoms with Crippen LogP contribution in [0.3, 0.4) is 0 Å². The highest BCUT2D eigenvalue weighted by atomic mass is 19.4. The van der Waals surface area contributed by atoms with Crippen LogP contribution < -0.4 is 0 Å². The third-order valence-corrected chi connectivity index (χ3v) is 5.58. The maximum Gasteiger partial charge on any atom is 0.416 e. The summed E-state index contributed by atoms with van der Waals surface area (Å²) in [7, 11) is 0. The lowest BCUT2D eigenvalue weighted by atomic mass is 9.87. The molecule has 3 aromatic rings. The van der Waals surface area contributed by atoms with Crippen molar-refractivity contribution < 1.29 is 18.0 Å². The van der Waals surface area contributed by atoms with E-state index in [1.807, 2.05) is 67.6 Å². The van der Waals surface area contributed by atoms with Crippen molar-refractivity contribution in [3.8, 4) is 11.1 Å². The Morgan fingerprint density at radius 3 is 2.16 bits per heavy atom. The third kappa shape index (κ3) is 4.53. The molecule has 0 saturated carbocycles. The predicted octanol–water partition coefficient (Wildman–Crippen LogP) is 7.52. The van der Waals surface area contributed by atoms with E-state index < -0.39 is 11.7 Å². The summed E-state index contributed by atoms with van der Waals surface area (Å²) in [5.74, 6) is -0.0559. The number of ketones is 1. The number of carbonyl (C=O) groups is 1. The van der Waals surface area contributed by atoms with Crippen LogP contribution in [-0.4, -0.2) is 5.78 Å². The molecule has 0 bridgehead atoms. The van der Waals surface area contributed by atoms with E-state index in [9.17, 15) is 18.0 Å². The molecule has 1 aliphatic rings. The first-order chi connectivity index (χ1) is 14.8. The van der Waals surface area contributed by atoms with Gasteiger partial charge >= 0.3 is 6.18 Å². The molecule has 156 valence electrons. The molecule has 1 unspecified atom stereocenters. The Hall–Kier alpha value is -3.40. The maximum atomic E-state index is 12.8.